The molecule has 11 heteroatoms. The van der Waals surface area contributed by atoms with Crippen molar-refractivity contribution in [3.63, 3.8) is 0 Å². The minimum Gasteiger partial charge on any atom is -0.417 e. The van der Waals surface area contributed by atoms with Crippen molar-refractivity contribution in [2.75, 3.05) is 33.0 Å². The Balaban J connectivity index is 5.93. The van der Waals surface area contributed by atoms with Gasteiger partial charge in [-0.05, 0) is 90.0 Å². The van der Waals surface area contributed by atoms with E-state index in [2.05, 4.69) is 45.9 Å². The van der Waals surface area contributed by atoms with Gasteiger partial charge >= 0.3 is 8.80 Å². The van der Waals surface area contributed by atoms with E-state index in [1.165, 1.54) is 0 Å². The van der Waals surface area contributed by atoms with Gasteiger partial charge in [0.1, 0.15) is 0 Å². The molecule has 0 saturated heterocycles. The van der Waals surface area contributed by atoms with E-state index in [1.54, 1.807) is 0 Å². The molecule has 0 radical (unpaired) electrons. The molecule has 0 fully saturated rings. The standard InChI is InChI=1S/C22H52O7Si4/c1-22(2)21-26-16-12-20-33(27-30(3,4)17-9-13-23,28-31(5,6)18-10-14-24)29-32(7,8)19-11-15-25/h23-25H,1,9-21H2,2-8H3. The molecule has 0 saturated carbocycles. The molecule has 0 amide bonds. The van der Waals surface area contributed by atoms with E-state index in [0.29, 0.717) is 38.5 Å². The highest BCUT2D eigenvalue weighted by atomic mass is 28.5. The van der Waals surface area contributed by atoms with Gasteiger partial charge in [0.2, 0.25) is 0 Å². The van der Waals surface area contributed by atoms with Crippen molar-refractivity contribution >= 4 is 33.8 Å². The molecule has 0 aliphatic rings. The summed E-state index contributed by atoms with van der Waals surface area (Å²) in [4.78, 5) is 0. The molecule has 0 unspecified atom stereocenters. The molecular formula is C22H52O7Si4. The van der Waals surface area contributed by atoms with Crippen LogP contribution in [-0.4, -0.2) is 82.1 Å². The maximum absolute atomic E-state index is 9.40. The van der Waals surface area contributed by atoms with Crippen molar-refractivity contribution in [2.45, 2.75) is 96.1 Å². The largest absolute Gasteiger partial charge is 0.469 e. The first-order valence-electron chi connectivity index (χ1n) is 12.4. The third-order valence-corrected chi connectivity index (χ3v) is 21.2. The summed E-state index contributed by atoms with van der Waals surface area (Å²) in [6.07, 6.45) is 2.91. The summed E-state index contributed by atoms with van der Waals surface area (Å²) in [7, 11) is -9.59. The maximum atomic E-state index is 9.40. The van der Waals surface area contributed by atoms with Crippen LogP contribution in [0.1, 0.15) is 32.6 Å². The zero-order valence-electron chi connectivity index (χ0n) is 22.4. The van der Waals surface area contributed by atoms with Crippen LogP contribution in [0, 0.1) is 0 Å². The van der Waals surface area contributed by atoms with E-state index in [4.69, 9.17) is 17.1 Å². The molecule has 0 atom stereocenters. The number of aliphatic hydroxyl groups is 3. The molecule has 0 aromatic heterocycles. The fourth-order valence-electron chi connectivity index (χ4n) is 3.78. The molecular weight excluding hydrogens is 489 g/mol. The molecule has 0 aliphatic carbocycles. The van der Waals surface area contributed by atoms with Crippen LogP contribution in [0.2, 0.25) is 63.5 Å². The first-order chi connectivity index (χ1) is 15.2. The van der Waals surface area contributed by atoms with Gasteiger partial charge in [-0.1, -0.05) is 12.2 Å². The van der Waals surface area contributed by atoms with Crippen LogP contribution in [0.5, 0.6) is 0 Å². The summed E-state index contributed by atoms with van der Waals surface area (Å²) in [5, 5.41) is 28.2. The average molecular weight is 541 g/mol. The smallest absolute Gasteiger partial charge is 0.417 e. The highest BCUT2D eigenvalue weighted by molar-refractivity contribution is 6.90. The number of ether oxygens (including phenoxy) is 1. The first-order valence-corrected chi connectivity index (χ1v) is 23.7. The Labute approximate surface area is 207 Å². The van der Waals surface area contributed by atoms with Gasteiger partial charge in [0.05, 0.1) is 6.61 Å². The third-order valence-electron chi connectivity index (χ3n) is 5.23. The quantitative estimate of drug-likeness (QED) is 0.110. The Kier molecular flexibility index (Phi) is 16.3. The Morgan fingerprint density at radius 1 is 0.636 bits per heavy atom. The Hall–Kier alpha value is 0.328. The zero-order valence-corrected chi connectivity index (χ0v) is 26.4. The Morgan fingerprint density at radius 3 is 1.30 bits per heavy atom. The van der Waals surface area contributed by atoms with Crippen LogP contribution in [0.4, 0.5) is 0 Å². The second-order valence-corrected chi connectivity index (χ2v) is 27.2. The van der Waals surface area contributed by atoms with Crippen LogP contribution in [0.15, 0.2) is 12.2 Å². The number of hydrogen-bond acceptors (Lipinski definition) is 7. The third kappa shape index (κ3) is 16.6. The van der Waals surface area contributed by atoms with Crippen LogP contribution < -0.4 is 0 Å². The van der Waals surface area contributed by atoms with E-state index < -0.39 is 33.8 Å². The van der Waals surface area contributed by atoms with Crippen LogP contribution >= 0.6 is 0 Å². The van der Waals surface area contributed by atoms with Crippen molar-refractivity contribution < 1.29 is 32.4 Å². The molecule has 0 aromatic carbocycles. The summed E-state index contributed by atoms with van der Waals surface area (Å²) < 4.78 is 26.7. The summed E-state index contributed by atoms with van der Waals surface area (Å²) in [5.41, 5.74) is 0.995. The topological polar surface area (TPSA) is 97.6 Å². The van der Waals surface area contributed by atoms with Gasteiger partial charge in [-0.25, -0.2) is 0 Å². The second-order valence-electron chi connectivity index (χ2n) is 10.9. The molecule has 33 heavy (non-hydrogen) atoms. The number of aliphatic hydroxyl groups excluding tert-OH is 3. The molecule has 3 N–H and O–H groups in total. The lowest BCUT2D eigenvalue weighted by molar-refractivity contribution is 0.151. The molecule has 0 aromatic rings. The lowest BCUT2D eigenvalue weighted by Crippen LogP contribution is -2.62. The van der Waals surface area contributed by atoms with Gasteiger partial charge in [0.25, 0.3) is 0 Å². The molecule has 0 rings (SSSR count). The van der Waals surface area contributed by atoms with Crippen LogP contribution in [0.25, 0.3) is 0 Å². The fourth-order valence-corrected chi connectivity index (χ4v) is 21.6. The first kappa shape index (κ1) is 33.3. The molecule has 0 spiro atoms. The van der Waals surface area contributed by atoms with E-state index in [9.17, 15) is 15.3 Å². The van der Waals surface area contributed by atoms with E-state index >= 15 is 0 Å². The van der Waals surface area contributed by atoms with Gasteiger partial charge < -0.3 is 32.4 Å². The van der Waals surface area contributed by atoms with Crippen LogP contribution in [0.3, 0.4) is 0 Å². The molecule has 7 nitrogen and oxygen atoms in total. The summed E-state index contributed by atoms with van der Waals surface area (Å²) in [6, 6.07) is 3.21. The van der Waals surface area contributed by atoms with Gasteiger partial charge in [-0.3, -0.25) is 0 Å². The van der Waals surface area contributed by atoms with Crippen molar-refractivity contribution in [1.29, 1.82) is 0 Å². The Bertz CT molecular complexity index is 490. The predicted molar refractivity (Wildman–Crippen MR) is 146 cm³/mol. The molecule has 0 aliphatic heterocycles. The SMILES string of the molecule is C=C(C)COCCC[Si](O[Si](C)(C)CCCO)(O[Si](C)(C)CCCO)O[Si](C)(C)CCCO. The zero-order chi connectivity index (χ0) is 25.6. The highest BCUT2D eigenvalue weighted by Gasteiger charge is 2.51. The minimum atomic E-state index is -3.09. The summed E-state index contributed by atoms with van der Waals surface area (Å²) >= 11 is 0. The minimum absolute atomic E-state index is 0.151. The van der Waals surface area contributed by atoms with E-state index in [-0.39, 0.29) is 19.8 Å². The fraction of sp³-hybridized carbons (Fsp3) is 0.909. The summed E-state index contributed by atoms with van der Waals surface area (Å²) in [5.74, 6) is 0. The van der Waals surface area contributed by atoms with Gasteiger partial charge in [0.15, 0.2) is 25.0 Å². The van der Waals surface area contributed by atoms with Crippen molar-refractivity contribution in [3.8, 4) is 0 Å². The van der Waals surface area contributed by atoms with Crippen molar-refractivity contribution in [2.24, 2.45) is 0 Å². The predicted octanol–water partition coefficient (Wildman–Crippen LogP) is 4.72. The van der Waals surface area contributed by atoms with Crippen molar-refractivity contribution in [1.82, 2.24) is 0 Å². The van der Waals surface area contributed by atoms with Gasteiger partial charge in [-0.2, -0.15) is 0 Å². The molecule has 0 bridgehead atoms. The lowest BCUT2D eigenvalue weighted by Gasteiger charge is -2.45. The monoisotopic (exact) mass is 540 g/mol. The maximum Gasteiger partial charge on any atom is 0.469 e. The molecule has 198 valence electrons. The normalized spacial score (nSPS) is 13.5. The molecule has 0 heterocycles. The second kappa shape index (κ2) is 16.1. The van der Waals surface area contributed by atoms with Gasteiger partial charge in [0, 0.05) is 32.5 Å². The lowest BCUT2D eigenvalue weighted by atomic mass is 10.4. The Morgan fingerprint density at radius 2 is 1.00 bits per heavy atom. The van der Waals surface area contributed by atoms with Gasteiger partial charge in [-0.15, -0.1) is 0 Å². The van der Waals surface area contributed by atoms with Crippen molar-refractivity contribution in [3.05, 3.63) is 12.2 Å². The number of rotatable bonds is 21. The highest BCUT2D eigenvalue weighted by Crippen LogP contribution is 2.34. The average Bonchev–Trinajstić information content (AvgIpc) is 2.67. The number of hydrogen-bond donors (Lipinski definition) is 3. The summed E-state index contributed by atoms with van der Waals surface area (Å²) in [6.45, 7) is 20.5. The van der Waals surface area contributed by atoms with E-state index in [1.807, 2.05) is 6.92 Å². The van der Waals surface area contributed by atoms with E-state index in [0.717, 1.165) is 30.1 Å². The van der Waals surface area contributed by atoms with Crippen LogP contribution in [-0.2, 0) is 17.1 Å².